The molecular formula is C21H23N5O5S. The number of thiophene rings is 1. The van der Waals surface area contributed by atoms with Crippen molar-refractivity contribution >= 4 is 29.0 Å². The van der Waals surface area contributed by atoms with Gasteiger partial charge in [-0.15, -0.1) is 11.3 Å². The lowest BCUT2D eigenvalue weighted by Gasteiger charge is -2.33. The van der Waals surface area contributed by atoms with Gasteiger partial charge < -0.3 is 24.2 Å². The molecular weight excluding hydrogens is 434 g/mol. The minimum Gasteiger partial charge on any atom is -0.497 e. The van der Waals surface area contributed by atoms with Crippen molar-refractivity contribution < 1.29 is 23.6 Å². The molecule has 0 atom stereocenters. The Hall–Kier alpha value is -3.44. The molecule has 0 aliphatic carbocycles. The Bertz CT molecular complexity index is 1070. The van der Waals surface area contributed by atoms with Crippen LogP contribution < -0.4 is 10.1 Å². The van der Waals surface area contributed by atoms with Crippen LogP contribution in [0.25, 0.3) is 11.4 Å². The Morgan fingerprint density at radius 1 is 1.12 bits per heavy atom. The average molecular weight is 458 g/mol. The number of rotatable bonds is 6. The highest BCUT2D eigenvalue weighted by Crippen LogP contribution is 2.24. The van der Waals surface area contributed by atoms with Crippen molar-refractivity contribution in [2.45, 2.75) is 6.54 Å². The van der Waals surface area contributed by atoms with Gasteiger partial charge in [-0.3, -0.25) is 4.90 Å². The number of amides is 2. The van der Waals surface area contributed by atoms with Crippen LogP contribution in [0, 0.1) is 0 Å². The third-order valence-corrected chi connectivity index (χ3v) is 6.01. The maximum absolute atomic E-state index is 12.6. The first-order chi connectivity index (χ1) is 15.6. The van der Waals surface area contributed by atoms with Crippen LogP contribution >= 0.6 is 11.3 Å². The molecule has 0 radical (unpaired) electrons. The third-order valence-electron chi connectivity index (χ3n) is 5.11. The molecule has 1 N–H and O–H groups in total. The molecule has 2 amide bonds. The van der Waals surface area contributed by atoms with E-state index in [0.717, 1.165) is 11.3 Å². The topological polar surface area (TPSA) is 110 Å². The summed E-state index contributed by atoms with van der Waals surface area (Å²) in [5, 5.41) is 8.60. The molecule has 1 aliphatic rings. The molecule has 0 saturated carbocycles. The fourth-order valence-electron chi connectivity index (χ4n) is 3.33. The molecule has 0 spiro atoms. The molecule has 3 aromatic rings. The van der Waals surface area contributed by atoms with Crippen molar-refractivity contribution in [2.75, 3.05) is 45.7 Å². The van der Waals surface area contributed by atoms with Crippen molar-refractivity contribution in [3.8, 4) is 17.1 Å². The molecule has 10 nitrogen and oxygen atoms in total. The van der Waals surface area contributed by atoms with Gasteiger partial charge in [-0.2, -0.15) is 4.98 Å². The van der Waals surface area contributed by atoms with Gasteiger partial charge in [0.1, 0.15) is 10.6 Å². The van der Waals surface area contributed by atoms with E-state index >= 15 is 0 Å². The number of benzene rings is 1. The molecule has 11 heteroatoms. The van der Waals surface area contributed by atoms with E-state index < -0.39 is 5.97 Å². The second kappa shape index (κ2) is 9.79. The zero-order chi connectivity index (χ0) is 22.5. The first-order valence-corrected chi connectivity index (χ1v) is 10.9. The number of ether oxygens (including phenoxy) is 2. The molecule has 1 aliphatic heterocycles. The van der Waals surface area contributed by atoms with Crippen molar-refractivity contribution in [3.05, 3.63) is 46.5 Å². The fourth-order valence-corrected chi connectivity index (χ4v) is 4.10. The predicted octanol–water partition coefficient (Wildman–Crippen LogP) is 2.94. The second-order valence-electron chi connectivity index (χ2n) is 7.09. The molecule has 2 aromatic heterocycles. The average Bonchev–Trinajstić information content (AvgIpc) is 3.49. The number of carbonyl (C=O) groups excluding carboxylic acids is 2. The third kappa shape index (κ3) is 4.89. The van der Waals surface area contributed by atoms with Gasteiger partial charge >= 0.3 is 12.0 Å². The number of nitrogens with one attached hydrogen (secondary N) is 1. The number of urea groups is 1. The molecule has 168 valence electrons. The Kier molecular flexibility index (Phi) is 6.66. The summed E-state index contributed by atoms with van der Waals surface area (Å²) in [5.41, 5.74) is 1.31. The number of methoxy groups -OCH3 is 2. The van der Waals surface area contributed by atoms with Crippen LogP contribution in [0.3, 0.4) is 0 Å². The lowest BCUT2D eigenvalue weighted by atomic mass is 10.2. The molecule has 3 heterocycles. The summed E-state index contributed by atoms with van der Waals surface area (Å²) in [6, 6.07) is 8.90. The molecule has 1 saturated heterocycles. The number of aromatic nitrogens is 2. The van der Waals surface area contributed by atoms with E-state index in [-0.39, 0.29) is 6.03 Å². The van der Waals surface area contributed by atoms with E-state index in [0.29, 0.717) is 55.0 Å². The Balaban J connectivity index is 1.29. The Morgan fingerprint density at radius 3 is 2.56 bits per heavy atom. The van der Waals surface area contributed by atoms with Gasteiger partial charge in [-0.1, -0.05) is 5.16 Å². The van der Waals surface area contributed by atoms with Gasteiger partial charge in [0.2, 0.25) is 11.7 Å². The molecule has 0 unspecified atom stereocenters. The van der Waals surface area contributed by atoms with Crippen LogP contribution in [0.5, 0.6) is 5.75 Å². The van der Waals surface area contributed by atoms with E-state index in [1.54, 1.807) is 23.5 Å². The molecule has 1 aromatic carbocycles. The van der Waals surface area contributed by atoms with Gasteiger partial charge in [0.05, 0.1) is 26.5 Å². The Labute approximate surface area is 188 Å². The minimum absolute atomic E-state index is 0.243. The van der Waals surface area contributed by atoms with Gasteiger partial charge in [0, 0.05) is 31.7 Å². The van der Waals surface area contributed by atoms with Gasteiger partial charge in [-0.05, 0) is 35.7 Å². The van der Waals surface area contributed by atoms with Crippen molar-refractivity contribution in [1.29, 1.82) is 0 Å². The number of carbonyl (C=O) groups is 2. The van der Waals surface area contributed by atoms with Crippen LogP contribution in [-0.2, 0) is 11.3 Å². The van der Waals surface area contributed by atoms with E-state index in [1.807, 2.05) is 24.3 Å². The quantitative estimate of drug-likeness (QED) is 0.563. The highest BCUT2D eigenvalue weighted by Gasteiger charge is 2.24. The number of hydrogen-bond acceptors (Lipinski definition) is 9. The van der Waals surface area contributed by atoms with Gasteiger partial charge in [-0.25, -0.2) is 9.59 Å². The molecule has 4 rings (SSSR count). The van der Waals surface area contributed by atoms with E-state index in [4.69, 9.17) is 14.0 Å². The first-order valence-electron chi connectivity index (χ1n) is 9.98. The standard InChI is InChI=1S/C21H23N5O5S/c1-29-15-5-3-14(4-6-15)19-23-17(31-24-19)13-25-8-10-26(11-9-25)21(28)22-16-7-12-32-18(16)20(27)30-2/h3-7,12H,8-11,13H2,1-2H3,(H,22,28). The highest BCUT2D eigenvalue weighted by atomic mass is 32.1. The monoisotopic (exact) mass is 457 g/mol. The van der Waals surface area contributed by atoms with E-state index in [9.17, 15) is 9.59 Å². The van der Waals surface area contributed by atoms with Crippen LogP contribution in [0.4, 0.5) is 10.5 Å². The number of hydrogen-bond donors (Lipinski definition) is 1. The number of anilines is 1. The normalized spacial score (nSPS) is 14.2. The summed E-state index contributed by atoms with van der Waals surface area (Å²) >= 11 is 1.23. The predicted molar refractivity (Wildman–Crippen MR) is 118 cm³/mol. The molecule has 0 bridgehead atoms. The van der Waals surface area contributed by atoms with Crippen molar-refractivity contribution in [1.82, 2.24) is 19.9 Å². The lowest BCUT2D eigenvalue weighted by molar-refractivity contribution is 0.0607. The lowest BCUT2D eigenvalue weighted by Crippen LogP contribution is -2.49. The zero-order valence-corrected chi connectivity index (χ0v) is 18.6. The van der Waals surface area contributed by atoms with Crippen molar-refractivity contribution in [2.24, 2.45) is 0 Å². The highest BCUT2D eigenvalue weighted by molar-refractivity contribution is 7.12. The Morgan fingerprint density at radius 2 is 1.88 bits per heavy atom. The summed E-state index contributed by atoms with van der Waals surface area (Å²) in [7, 11) is 2.93. The minimum atomic E-state index is -0.464. The maximum atomic E-state index is 12.6. The van der Waals surface area contributed by atoms with Gasteiger partial charge in [0.25, 0.3) is 0 Å². The number of esters is 1. The summed E-state index contributed by atoms with van der Waals surface area (Å²) in [4.78, 5) is 33.1. The number of nitrogens with zero attached hydrogens (tertiary/aromatic N) is 4. The summed E-state index contributed by atoms with van der Waals surface area (Å²) in [6.45, 7) is 2.93. The van der Waals surface area contributed by atoms with Crippen LogP contribution in [0.15, 0.2) is 40.2 Å². The largest absolute Gasteiger partial charge is 0.497 e. The smallest absolute Gasteiger partial charge is 0.350 e. The van der Waals surface area contributed by atoms with Crippen LogP contribution in [0.2, 0.25) is 0 Å². The maximum Gasteiger partial charge on any atom is 0.350 e. The summed E-state index contributed by atoms with van der Waals surface area (Å²) in [5.74, 6) is 1.35. The van der Waals surface area contributed by atoms with Crippen LogP contribution in [-0.4, -0.2) is 72.3 Å². The first kappa shape index (κ1) is 21.8. The fraction of sp³-hybridized carbons (Fsp3) is 0.333. The van der Waals surface area contributed by atoms with Crippen LogP contribution in [0.1, 0.15) is 15.6 Å². The zero-order valence-electron chi connectivity index (χ0n) is 17.7. The summed E-state index contributed by atoms with van der Waals surface area (Å²) < 4.78 is 15.3. The van der Waals surface area contributed by atoms with E-state index in [1.165, 1.54) is 18.4 Å². The molecule has 32 heavy (non-hydrogen) atoms. The summed E-state index contributed by atoms with van der Waals surface area (Å²) in [6.07, 6.45) is 0. The van der Waals surface area contributed by atoms with E-state index in [2.05, 4.69) is 20.4 Å². The second-order valence-corrected chi connectivity index (χ2v) is 8.00. The van der Waals surface area contributed by atoms with Gasteiger partial charge in [0.15, 0.2) is 0 Å². The SMILES string of the molecule is COC(=O)c1sccc1NC(=O)N1CCN(Cc2nc(-c3ccc(OC)cc3)no2)CC1. The number of piperazine rings is 1. The van der Waals surface area contributed by atoms with Crippen molar-refractivity contribution in [3.63, 3.8) is 0 Å². The molecule has 1 fully saturated rings.